The predicted molar refractivity (Wildman–Crippen MR) is 111 cm³/mol. The number of aryl methyl sites for hydroxylation is 1. The van der Waals surface area contributed by atoms with E-state index in [1.165, 1.54) is 36.1 Å². The van der Waals surface area contributed by atoms with E-state index in [4.69, 9.17) is 4.74 Å². The van der Waals surface area contributed by atoms with Crippen molar-refractivity contribution in [1.29, 1.82) is 0 Å². The van der Waals surface area contributed by atoms with Gasteiger partial charge < -0.3 is 4.74 Å². The Balaban J connectivity index is 1.57. The molecule has 0 saturated carbocycles. The highest BCUT2D eigenvalue weighted by molar-refractivity contribution is 5.89. The average molecular weight is 445 g/mol. The first-order valence-corrected chi connectivity index (χ1v) is 10.1. The van der Waals surface area contributed by atoms with Gasteiger partial charge in [-0.05, 0) is 36.6 Å². The molecule has 0 aliphatic carbocycles. The number of anilines is 1. The fourth-order valence-corrected chi connectivity index (χ4v) is 3.76. The molecule has 0 N–H and O–H groups in total. The molecular weight excluding hydrogens is 423 g/mol. The van der Waals surface area contributed by atoms with Gasteiger partial charge in [0, 0.05) is 37.0 Å². The fraction of sp³-hybridized carbons (Fsp3) is 0.364. The van der Waals surface area contributed by atoms with Gasteiger partial charge in [-0.25, -0.2) is 27.9 Å². The highest BCUT2D eigenvalue weighted by Crippen LogP contribution is 2.30. The molecule has 1 aliphatic heterocycles. The topological polar surface area (TPSA) is 73.1 Å². The number of hydrogen-bond donors (Lipinski definition) is 0. The highest BCUT2D eigenvalue weighted by Gasteiger charge is 2.39. The SMILES string of the molecule is C[C@H](Cc1nccc(N2C(=O)OC[C@@H]2[C@H](C)F)n1)c1cc(F)c(-c2cnn(C)c2)cc1F. The van der Waals surface area contributed by atoms with Crippen molar-refractivity contribution in [2.45, 2.75) is 38.4 Å². The lowest BCUT2D eigenvalue weighted by Crippen LogP contribution is -2.39. The molecule has 10 heteroatoms. The number of rotatable bonds is 6. The summed E-state index contributed by atoms with van der Waals surface area (Å²) in [5.41, 5.74) is 0.789. The summed E-state index contributed by atoms with van der Waals surface area (Å²) in [6.45, 7) is 3.00. The average Bonchev–Trinajstić information content (AvgIpc) is 3.35. The Kier molecular flexibility index (Phi) is 5.86. The van der Waals surface area contributed by atoms with Gasteiger partial charge in [0.2, 0.25) is 0 Å². The molecule has 1 saturated heterocycles. The summed E-state index contributed by atoms with van der Waals surface area (Å²) in [5, 5.41) is 3.99. The van der Waals surface area contributed by atoms with Gasteiger partial charge in [0.05, 0.1) is 6.20 Å². The lowest BCUT2D eigenvalue weighted by Gasteiger charge is -2.21. The van der Waals surface area contributed by atoms with Gasteiger partial charge in [0.15, 0.2) is 0 Å². The number of hydrogen-bond acceptors (Lipinski definition) is 5. The van der Waals surface area contributed by atoms with E-state index in [9.17, 15) is 18.0 Å². The summed E-state index contributed by atoms with van der Waals surface area (Å²) in [5.74, 6) is -1.04. The van der Waals surface area contributed by atoms with Gasteiger partial charge in [-0.15, -0.1) is 0 Å². The maximum atomic E-state index is 14.8. The molecule has 168 valence electrons. The molecule has 1 aromatic carbocycles. The van der Waals surface area contributed by atoms with Crippen LogP contribution < -0.4 is 4.90 Å². The van der Waals surface area contributed by atoms with Crippen molar-refractivity contribution >= 4 is 11.9 Å². The summed E-state index contributed by atoms with van der Waals surface area (Å²) >= 11 is 0. The van der Waals surface area contributed by atoms with Gasteiger partial charge in [0.25, 0.3) is 0 Å². The second-order valence-corrected chi connectivity index (χ2v) is 7.88. The zero-order valence-corrected chi connectivity index (χ0v) is 17.8. The number of cyclic esters (lactones) is 1. The van der Waals surface area contributed by atoms with E-state index in [1.54, 1.807) is 20.2 Å². The minimum absolute atomic E-state index is 0.0694. The van der Waals surface area contributed by atoms with Crippen LogP contribution in [0, 0.1) is 11.6 Å². The zero-order chi connectivity index (χ0) is 23.0. The summed E-state index contributed by atoms with van der Waals surface area (Å²) < 4.78 is 49.9. The van der Waals surface area contributed by atoms with Crippen LogP contribution in [0.5, 0.6) is 0 Å². The molecule has 3 aromatic rings. The van der Waals surface area contributed by atoms with Crippen LogP contribution in [0.3, 0.4) is 0 Å². The van der Waals surface area contributed by atoms with Crippen LogP contribution in [0.25, 0.3) is 11.1 Å². The summed E-state index contributed by atoms with van der Waals surface area (Å²) in [4.78, 5) is 21.7. The lowest BCUT2D eigenvalue weighted by atomic mass is 9.94. The Bertz CT molecular complexity index is 1150. The van der Waals surface area contributed by atoms with E-state index in [0.717, 1.165) is 11.0 Å². The van der Waals surface area contributed by atoms with Crippen LogP contribution in [0.15, 0.2) is 36.8 Å². The predicted octanol–water partition coefficient (Wildman–Crippen LogP) is 4.18. The molecule has 7 nitrogen and oxygen atoms in total. The molecule has 1 amide bonds. The van der Waals surface area contributed by atoms with Crippen LogP contribution in [0.2, 0.25) is 0 Å². The van der Waals surface area contributed by atoms with Crippen LogP contribution in [0.4, 0.5) is 23.8 Å². The Morgan fingerprint density at radius 3 is 2.72 bits per heavy atom. The van der Waals surface area contributed by atoms with E-state index in [0.29, 0.717) is 11.4 Å². The standard InChI is InChI=1S/C22H22F3N5O2/c1-12(15-7-18(25)16(8-17(15)24)14-9-27-29(3)10-14)6-20-26-5-4-21(28-20)30-19(13(2)23)11-32-22(30)31/h4-5,7-10,12-13,19H,6,11H2,1-3H3/t12-,13+,19-/m1/s1. The first kappa shape index (κ1) is 21.8. The van der Waals surface area contributed by atoms with Crippen LogP contribution >= 0.6 is 0 Å². The fourth-order valence-electron chi connectivity index (χ4n) is 3.76. The smallest absolute Gasteiger partial charge is 0.416 e. The second-order valence-electron chi connectivity index (χ2n) is 7.88. The molecule has 0 radical (unpaired) electrons. The minimum atomic E-state index is -1.31. The third-order valence-electron chi connectivity index (χ3n) is 5.50. The molecule has 0 bridgehead atoms. The molecule has 4 rings (SSSR count). The van der Waals surface area contributed by atoms with Crippen LogP contribution in [-0.4, -0.2) is 44.7 Å². The number of nitrogens with zero attached hydrogens (tertiary/aromatic N) is 5. The van der Waals surface area contributed by atoms with E-state index in [1.807, 2.05) is 0 Å². The maximum Gasteiger partial charge on any atom is 0.416 e. The van der Waals surface area contributed by atoms with E-state index >= 15 is 0 Å². The number of alkyl halides is 1. The second kappa shape index (κ2) is 8.60. The molecule has 1 fully saturated rings. The summed E-state index contributed by atoms with van der Waals surface area (Å²) in [7, 11) is 1.70. The molecule has 3 atom stereocenters. The first-order chi connectivity index (χ1) is 15.2. The highest BCUT2D eigenvalue weighted by atomic mass is 19.1. The van der Waals surface area contributed by atoms with Crippen molar-refractivity contribution < 1.29 is 22.7 Å². The number of carbonyl (C=O) groups excluding carboxylic acids is 1. The van der Waals surface area contributed by atoms with Crippen molar-refractivity contribution in [3.8, 4) is 11.1 Å². The van der Waals surface area contributed by atoms with E-state index in [2.05, 4.69) is 15.1 Å². The number of ether oxygens (including phenoxy) is 1. The van der Waals surface area contributed by atoms with Crippen molar-refractivity contribution in [2.75, 3.05) is 11.5 Å². The maximum absolute atomic E-state index is 14.8. The van der Waals surface area contributed by atoms with Crippen molar-refractivity contribution in [2.24, 2.45) is 7.05 Å². The molecule has 0 spiro atoms. The third kappa shape index (κ3) is 4.17. The van der Waals surface area contributed by atoms with Gasteiger partial charge in [-0.1, -0.05) is 6.92 Å². The Morgan fingerprint density at radius 2 is 2.03 bits per heavy atom. The zero-order valence-electron chi connectivity index (χ0n) is 17.8. The first-order valence-electron chi connectivity index (χ1n) is 10.1. The Morgan fingerprint density at radius 1 is 1.25 bits per heavy atom. The third-order valence-corrected chi connectivity index (χ3v) is 5.50. The van der Waals surface area contributed by atoms with Gasteiger partial charge in [-0.3, -0.25) is 9.58 Å². The summed E-state index contributed by atoms with van der Waals surface area (Å²) in [6, 6.07) is 3.03. The molecule has 3 heterocycles. The van der Waals surface area contributed by atoms with Gasteiger partial charge in [0.1, 0.15) is 42.1 Å². The quantitative estimate of drug-likeness (QED) is 0.569. The number of carbonyl (C=O) groups is 1. The van der Waals surface area contributed by atoms with E-state index in [-0.39, 0.29) is 30.0 Å². The number of halogens is 3. The van der Waals surface area contributed by atoms with Crippen molar-refractivity contribution in [3.05, 3.63) is 59.8 Å². The Labute approximate surface area is 182 Å². The van der Waals surface area contributed by atoms with Crippen molar-refractivity contribution in [1.82, 2.24) is 19.7 Å². The molecule has 1 aliphatic rings. The number of aromatic nitrogens is 4. The van der Waals surface area contributed by atoms with Gasteiger partial charge in [-0.2, -0.15) is 5.10 Å². The Hall–Kier alpha value is -3.43. The van der Waals surface area contributed by atoms with Gasteiger partial charge >= 0.3 is 6.09 Å². The van der Waals surface area contributed by atoms with Crippen LogP contribution in [-0.2, 0) is 18.2 Å². The van der Waals surface area contributed by atoms with Crippen molar-refractivity contribution in [3.63, 3.8) is 0 Å². The molecule has 0 unspecified atom stereocenters. The largest absolute Gasteiger partial charge is 0.447 e. The van der Waals surface area contributed by atoms with Crippen LogP contribution in [0.1, 0.15) is 31.2 Å². The van der Waals surface area contributed by atoms with E-state index < -0.39 is 35.9 Å². The number of amides is 1. The normalized spacial score (nSPS) is 18.0. The number of benzene rings is 1. The molecule has 2 aromatic heterocycles. The lowest BCUT2D eigenvalue weighted by molar-refractivity contribution is 0.174. The molecular formula is C22H22F3N5O2. The summed E-state index contributed by atoms with van der Waals surface area (Å²) in [6.07, 6.45) is 2.71. The molecule has 32 heavy (non-hydrogen) atoms. The minimum Gasteiger partial charge on any atom is -0.447 e. The monoisotopic (exact) mass is 445 g/mol.